The molecule has 1 saturated heterocycles. The monoisotopic (exact) mass is 406 g/mol. The number of nitrogens with zero attached hydrogens (tertiary/aromatic N) is 4. The van der Waals surface area contributed by atoms with Crippen molar-refractivity contribution in [3.8, 4) is 23.1 Å². The molecule has 7 nitrogen and oxygen atoms in total. The van der Waals surface area contributed by atoms with E-state index < -0.39 is 0 Å². The zero-order chi connectivity index (χ0) is 20.8. The summed E-state index contributed by atoms with van der Waals surface area (Å²) in [6, 6.07) is 12.4. The lowest BCUT2D eigenvalue weighted by Crippen LogP contribution is -2.18. The Morgan fingerprint density at radius 2 is 2.17 bits per heavy atom. The highest BCUT2D eigenvalue weighted by molar-refractivity contribution is 5.60. The van der Waals surface area contributed by atoms with Crippen molar-refractivity contribution in [1.29, 1.82) is 0 Å². The Morgan fingerprint density at radius 3 is 2.97 bits per heavy atom. The number of hydrogen-bond acceptors (Lipinski definition) is 6. The molecule has 0 N–H and O–H groups in total. The van der Waals surface area contributed by atoms with Crippen molar-refractivity contribution in [2.75, 3.05) is 26.9 Å². The van der Waals surface area contributed by atoms with Crippen LogP contribution < -0.4 is 4.74 Å². The van der Waals surface area contributed by atoms with Crippen LogP contribution in [0.3, 0.4) is 0 Å². The predicted molar refractivity (Wildman–Crippen MR) is 115 cm³/mol. The second-order valence-corrected chi connectivity index (χ2v) is 7.25. The molecule has 0 aliphatic carbocycles. The molecular weight excluding hydrogens is 380 g/mol. The maximum Gasteiger partial charge on any atom is 0.319 e. The molecule has 3 heterocycles. The molecule has 0 radical (unpaired) electrons. The number of ether oxygens (including phenoxy) is 3. The first kappa shape index (κ1) is 20.3. The number of aryl methyl sites for hydroxylation is 1. The summed E-state index contributed by atoms with van der Waals surface area (Å²) >= 11 is 0. The molecule has 1 aromatic carbocycles. The lowest BCUT2D eigenvalue weighted by Gasteiger charge is -2.11. The van der Waals surface area contributed by atoms with Gasteiger partial charge in [-0.3, -0.25) is 0 Å². The van der Waals surface area contributed by atoms with Crippen LogP contribution in [0.15, 0.2) is 48.7 Å². The standard InChI is InChI=1S/C23H26N4O3/c1-17-6-3-7-18(14-17)21-10-11-27(26-21)22-15-19(8-4-12-28-2)24-23(25-22)30-16-20-9-5-13-29-20/h3-4,6-8,10-11,14-15,20H,5,9,12-13,16H2,1-2H3/b8-4+. The number of methoxy groups -OCH3 is 1. The quantitative estimate of drug-likeness (QED) is 0.566. The van der Waals surface area contributed by atoms with Gasteiger partial charge in [0, 0.05) is 31.5 Å². The van der Waals surface area contributed by atoms with E-state index in [0.717, 1.165) is 36.4 Å². The minimum Gasteiger partial charge on any atom is -0.461 e. The second kappa shape index (κ2) is 9.65. The van der Waals surface area contributed by atoms with Crippen LogP contribution in [0.1, 0.15) is 24.1 Å². The van der Waals surface area contributed by atoms with Crippen LogP contribution >= 0.6 is 0 Å². The van der Waals surface area contributed by atoms with Gasteiger partial charge in [-0.2, -0.15) is 15.1 Å². The predicted octanol–water partition coefficient (Wildman–Crippen LogP) is 3.86. The molecule has 1 atom stereocenters. The molecule has 1 aliphatic rings. The van der Waals surface area contributed by atoms with Crippen LogP contribution in [-0.2, 0) is 9.47 Å². The zero-order valence-electron chi connectivity index (χ0n) is 17.3. The van der Waals surface area contributed by atoms with Gasteiger partial charge in [-0.05, 0) is 38.0 Å². The summed E-state index contributed by atoms with van der Waals surface area (Å²) in [5.74, 6) is 0.642. The Kier molecular flexibility index (Phi) is 6.51. The average molecular weight is 406 g/mol. The van der Waals surface area contributed by atoms with Crippen LogP contribution in [-0.4, -0.2) is 52.8 Å². The second-order valence-electron chi connectivity index (χ2n) is 7.25. The lowest BCUT2D eigenvalue weighted by molar-refractivity contribution is 0.0645. The normalized spacial score (nSPS) is 16.4. The molecule has 2 aromatic heterocycles. The van der Waals surface area contributed by atoms with Gasteiger partial charge in [0.25, 0.3) is 0 Å². The summed E-state index contributed by atoms with van der Waals surface area (Å²) in [6.07, 6.45) is 7.85. The van der Waals surface area contributed by atoms with E-state index in [1.807, 2.05) is 36.5 Å². The van der Waals surface area contributed by atoms with Gasteiger partial charge in [-0.1, -0.05) is 29.8 Å². The van der Waals surface area contributed by atoms with Gasteiger partial charge in [0.15, 0.2) is 5.82 Å². The van der Waals surface area contributed by atoms with Gasteiger partial charge in [-0.15, -0.1) is 0 Å². The fourth-order valence-electron chi connectivity index (χ4n) is 3.32. The van der Waals surface area contributed by atoms with Gasteiger partial charge < -0.3 is 14.2 Å². The SMILES string of the molecule is COC/C=C/c1cc(-n2ccc(-c3cccc(C)c3)n2)nc(OCC2CCCO2)n1. The Labute approximate surface area is 176 Å². The van der Waals surface area contributed by atoms with Crippen LogP contribution in [0.2, 0.25) is 0 Å². The van der Waals surface area contributed by atoms with Crippen molar-refractivity contribution in [3.63, 3.8) is 0 Å². The highest BCUT2D eigenvalue weighted by Crippen LogP contribution is 2.21. The summed E-state index contributed by atoms with van der Waals surface area (Å²) in [6.45, 7) is 3.80. The lowest BCUT2D eigenvalue weighted by atomic mass is 10.1. The molecule has 0 spiro atoms. The minimum absolute atomic E-state index is 0.0994. The van der Waals surface area contributed by atoms with Gasteiger partial charge in [-0.25, -0.2) is 4.68 Å². The van der Waals surface area contributed by atoms with E-state index in [-0.39, 0.29) is 6.10 Å². The maximum absolute atomic E-state index is 5.85. The molecule has 0 saturated carbocycles. The summed E-state index contributed by atoms with van der Waals surface area (Å²) in [5, 5.41) is 4.71. The average Bonchev–Trinajstić information content (AvgIpc) is 3.45. The third kappa shape index (κ3) is 5.11. The molecule has 156 valence electrons. The van der Waals surface area contributed by atoms with Gasteiger partial charge in [0.1, 0.15) is 6.61 Å². The Bertz CT molecular complexity index is 1010. The smallest absolute Gasteiger partial charge is 0.319 e. The molecule has 1 unspecified atom stereocenters. The third-order valence-corrected chi connectivity index (χ3v) is 4.82. The van der Waals surface area contributed by atoms with Gasteiger partial charge >= 0.3 is 6.01 Å². The molecule has 3 aromatic rings. The van der Waals surface area contributed by atoms with Crippen LogP contribution in [0.25, 0.3) is 23.2 Å². The number of rotatable bonds is 8. The molecule has 1 aliphatic heterocycles. The fourth-order valence-corrected chi connectivity index (χ4v) is 3.32. The molecule has 0 amide bonds. The highest BCUT2D eigenvalue weighted by atomic mass is 16.5. The molecule has 0 bridgehead atoms. The van der Waals surface area contributed by atoms with Crippen molar-refractivity contribution >= 4 is 6.08 Å². The van der Waals surface area contributed by atoms with Crippen LogP contribution in [0.4, 0.5) is 0 Å². The number of benzene rings is 1. The number of aromatic nitrogens is 4. The zero-order valence-corrected chi connectivity index (χ0v) is 17.3. The van der Waals surface area contributed by atoms with Crippen molar-refractivity contribution in [1.82, 2.24) is 19.7 Å². The molecule has 1 fully saturated rings. The Balaban J connectivity index is 1.60. The topological polar surface area (TPSA) is 71.3 Å². The summed E-state index contributed by atoms with van der Waals surface area (Å²) < 4.78 is 18.3. The van der Waals surface area contributed by atoms with Gasteiger partial charge in [0.2, 0.25) is 0 Å². The number of hydrogen-bond donors (Lipinski definition) is 0. The van der Waals surface area contributed by atoms with Gasteiger partial charge in [0.05, 0.1) is 24.1 Å². The van der Waals surface area contributed by atoms with Crippen molar-refractivity contribution in [2.24, 2.45) is 0 Å². The molecular formula is C23H26N4O3. The first-order valence-electron chi connectivity index (χ1n) is 10.1. The van der Waals surface area contributed by atoms with Crippen molar-refractivity contribution in [3.05, 3.63) is 59.9 Å². The Morgan fingerprint density at radius 1 is 1.23 bits per heavy atom. The van der Waals surface area contributed by atoms with E-state index in [4.69, 9.17) is 19.3 Å². The van der Waals surface area contributed by atoms with E-state index in [1.165, 1.54) is 5.56 Å². The van der Waals surface area contributed by atoms with E-state index in [9.17, 15) is 0 Å². The minimum atomic E-state index is 0.0994. The molecule has 7 heteroatoms. The maximum atomic E-state index is 5.85. The molecule has 4 rings (SSSR count). The summed E-state index contributed by atoms with van der Waals surface area (Å²) in [4.78, 5) is 9.06. The van der Waals surface area contributed by atoms with Crippen LogP contribution in [0, 0.1) is 6.92 Å². The molecule has 30 heavy (non-hydrogen) atoms. The van der Waals surface area contributed by atoms with E-state index >= 15 is 0 Å². The Hall–Kier alpha value is -3.03. The van der Waals surface area contributed by atoms with Crippen LogP contribution in [0.5, 0.6) is 6.01 Å². The first-order valence-corrected chi connectivity index (χ1v) is 10.1. The van der Waals surface area contributed by atoms with E-state index in [1.54, 1.807) is 11.8 Å². The van der Waals surface area contributed by atoms with Crippen molar-refractivity contribution in [2.45, 2.75) is 25.9 Å². The third-order valence-electron chi connectivity index (χ3n) is 4.82. The van der Waals surface area contributed by atoms with E-state index in [0.29, 0.717) is 25.0 Å². The van der Waals surface area contributed by atoms with Crippen molar-refractivity contribution < 1.29 is 14.2 Å². The largest absolute Gasteiger partial charge is 0.461 e. The fraction of sp³-hybridized carbons (Fsp3) is 0.348. The summed E-state index contributed by atoms with van der Waals surface area (Å²) in [5.41, 5.74) is 3.87. The van der Waals surface area contributed by atoms with E-state index in [2.05, 4.69) is 35.1 Å². The first-order chi connectivity index (χ1) is 14.7. The summed E-state index contributed by atoms with van der Waals surface area (Å²) in [7, 11) is 1.66. The highest BCUT2D eigenvalue weighted by Gasteiger charge is 2.17.